The summed E-state index contributed by atoms with van der Waals surface area (Å²) < 4.78 is 7.33. The van der Waals surface area contributed by atoms with Gasteiger partial charge in [0, 0.05) is 0 Å². The van der Waals surface area contributed by atoms with E-state index in [1.54, 1.807) is 0 Å². The summed E-state index contributed by atoms with van der Waals surface area (Å²) >= 11 is 0. The van der Waals surface area contributed by atoms with Gasteiger partial charge in [0.2, 0.25) is 0 Å². The van der Waals surface area contributed by atoms with Crippen LogP contribution in [0.25, 0.3) is 21.7 Å². The van der Waals surface area contributed by atoms with Crippen LogP contribution in [0.4, 0.5) is 0 Å². The van der Waals surface area contributed by atoms with Gasteiger partial charge in [-0.3, -0.25) is 0 Å². The summed E-state index contributed by atoms with van der Waals surface area (Å²) in [5.41, 5.74) is 1.09. The maximum absolute atomic E-state index is 13.1. The van der Waals surface area contributed by atoms with Gasteiger partial charge in [0.05, 0.1) is 0 Å². The van der Waals surface area contributed by atoms with E-state index in [0.717, 1.165) is 26.0 Å². The van der Waals surface area contributed by atoms with Crippen LogP contribution < -0.4 is 5.43 Å². The summed E-state index contributed by atoms with van der Waals surface area (Å²) in [5.74, 6) is 1.21. The van der Waals surface area contributed by atoms with E-state index in [4.69, 9.17) is 4.42 Å². The zero-order valence-corrected chi connectivity index (χ0v) is 15.0. The molecule has 11 heterocycles. The third kappa shape index (κ3) is 0.160. The Balaban J connectivity index is 1.30. The molecule has 1 aromatic heterocycles. The van der Waals surface area contributed by atoms with Gasteiger partial charge in [0.25, 0.3) is 0 Å². The summed E-state index contributed by atoms with van der Waals surface area (Å²) in [6, 6.07) is 14.4. The van der Waals surface area contributed by atoms with Crippen molar-refractivity contribution in [2.45, 2.75) is 47.7 Å². The Kier molecular flexibility index (Phi) is 0.437. The first-order chi connectivity index (χ1) is 12.5. The molecule has 2 aromatic carbocycles. The fraction of sp³-hybridized carbons (Fsp3) is 0.435. The van der Waals surface area contributed by atoms with Gasteiger partial charge in [-0.25, -0.2) is 0 Å². The number of hydrogen-bond acceptors (Lipinski definition) is 2. The predicted molar refractivity (Wildman–Crippen MR) is 95.4 cm³/mol. The van der Waals surface area contributed by atoms with E-state index in [9.17, 15) is 4.79 Å². The van der Waals surface area contributed by atoms with Crippen molar-refractivity contribution in [2.24, 2.45) is 0 Å². The molecule has 4 unspecified atom stereocenters. The molecule has 26 heavy (non-hydrogen) atoms. The van der Waals surface area contributed by atoms with E-state index in [2.05, 4.69) is 30.3 Å². The second-order valence-electron chi connectivity index (χ2n) is 13.3. The summed E-state index contributed by atoms with van der Waals surface area (Å²) in [4.78, 5) is 24.2. The monoisotopic (exact) mass is 380 g/mol. The zero-order chi connectivity index (χ0) is 16.1. The van der Waals surface area contributed by atoms with Crippen LogP contribution in [0, 0.1) is 0 Å². The third-order valence-electron chi connectivity index (χ3n) is 17.7. The molecule has 0 radical (unpaired) electrons. The molecule has 3 aromatic rings. The Morgan fingerprint density at radius 2 is 1.50 bits per heavy atom. The van der Waals surface area contributed by atoms with E-state index in [-0.39, 0.29) is 5.43 Å². The molecule has 0 saturated carbocycles. The van der Waals surface area contributed by atoms with E-state index in [1.807, 2.05) is 12.1 Å². The fourth-order valence-corrected chi connectivity index (χ4v) is 92.8. The molecule has 0 aliphatic carbocycles. The molecule has 10 aliphatic rings. The first-order valence-corrected chi connectivity index (χ1v) is 16.5. The molecule has 2 nitrogen and oxygen atoms in total. The van der Waals surface area contributed by atoms with E-state index in [0.29, 0.717) is 4.31 Å². The van der Waals surface area contributed by atoms with Gasteiger partial charge in [-0.1, -0.05) is 0 Å². The topological polar surface area (TPSA) is 30.2 Å². The zero-order valence-electron chi connectivity index (χ0n) is 13.9. The minimum absolute atomic E-state index is 0.211. The van der Waals surface area contributed by atoms with Crippen molar-refractivity contribution in [3.05, 3.63) is 58.4 Å². The predicted octanol–water partition coefficient (Wildman–Crippen LogP) is 5.74. The molecule has 13 rings (SSSR count). The average Bonchev–Trinajstić information content (AvgIpc) is 3.61. The van der Waals surface area contributed by atoms with Crippen molar-refractivity contribution < 1.29 is 10.9 Å². The Morgan fingerprint density at radius 3 is 2.12 bits per heavy atom. The summed E-state index contributed by atoms with van der Waals surface area (Å²) in [5, 5.41) is 3.08. The molecule has 10 aliphatic heterocycles. The normalized spacial score (nSPS) is 82.2. The van der Waals surface area contributed by atoms with Crippen molar-refractivity contribution in [1.29, 1.82) is 0 Å². The van der Waals surface area contributed by atoms with Gasteiger partial charge in [-0.2, -0.15) is 0 Å². The van der Waals surface area contributed by atoms with E-state index < -0.39 is 6.51 Å². The van der Waals surface area contributed by atoms with Crippen LogP contribution in [0.2, 0.25) is 43.3 Å². The summed E-state index contributed by atoms with van der Waals surface area (Å²) in [6.45, 7) is -3.29. The summed E-state index contributed by atoms with van der Waals surface area (Å²) in [7, 11) is 0. The van der Waals surface area contributed by atoms with Crippen LogP contribution in [0.5, 0.6) is 0 Å². The molecule has 4 atom stereocenters. The van der Waals surface area contributed by atoms with Gasteiger partial charge < -0.3 is 0 Å². The van der Waals surface area contributed by atoms with Crippen LogP contribution >= 0.6 is 0 Å². The number of benzene rings is 2. The molecular formula is C23H16FeO2. The fourth-order valence-electron chi connectivity index (χ4n) is 18.9. The Hall–Kier alpha value is -1.57. The first-order valence-electron chi connectivity index (χ1n) is 10.2. The average molecular weight is 380 g/mol. The molecule has 1 spiro atoms. The number of rotatable bonds is 1. The second kappa shape index (κ2) is 1.12. The van der Waals surface area contributed by atoms with Crippen LogP contribution in [-0.4, -0.2) is 0 Å². The molecule has 0 bridgehead atoms. The van der Waals surface area contributed by atoms with Gasteiger partial charge in [0.15, 0.2) is 0 Å². The third-order valence-corrected chi connectivity index (χ3v) is 60.0. The molecule has 0 amide bonds. The molecule has 3 heteroatoms. The molecule has 128 valence electrons. The van der Waals surface area contributed by atoms with Gasteiger partial charge in [-0.05, 0) is 0 Å². The molecule has 10 saturated heterocycles. The van der Waals surface area contributed by atoms with Crippen LogP contribution in [0.15, 0.2) is 51.7 Å². The Labute approximate surface area is 138 Å². The van der Waals surface area contributed by atoms with E-state index >= 15 is 0 Å². The van der Waals surface area contributed by atoms with Crippen molar-refractivity contribution in [1.82, 2.24) is 0 Å². The van der Waals surface area contributed by atoms with Crippen LogP contribution in [-0.2, 0) is 10.8 Å². The maximum atomic E-state index is 13.1. The molecule has 0 N–H and O–H groups in total. The summed E-state index contributed by atoms with van der Waals surface area (Å²) in [6.07, 6.45) is 0. The van der Waals surface area contributed by atoms with Crippen LogP contribution in [0.3, 0.4) is 0 Å². The standard InChI is InChI=1S/C18H11O2.C5H5.Fe/c19-16-11-17(13-6-1-2-7-13)20-18-14-8-4-3-5-12(14)9-10-15(16)18;1-2-4-5-3-1;/h1-11H;1-5H;. The van der Waals surface area contributed by atoms with Crippen molar-refractivity contribution in [2.75, 3.05) is 0 Å². The van der Waals surface area contributed by atoms with Crippen molar-refractivity contribution in [3.8, 4) is 0 Å². The number of fused-ring (bicyclic) bond motifs is 13. The van der Waals surface area contributed by atoms with E-state index in [1.165, 1.54) is 44.9 Å². The quantitative estimate of drug-likeness (QED) is 0.398. The molecule has 10 fully saturated rings. The Bertz CT molecular complexity index is 1780. The van der Waals surface area contributed by atoms with Gasteiger partial charge in [0.1, 0.15) is 0 Å². The first kappa shape index (κ1) is 10.1. The second-order valence-corrected chi connectivity index (χ2v) is 36.9. The van der Waals surface area contributed by atoms with Gasteiger partial charge in [-0.15, -0.1) is 0 Å². The minimum atomic E-state index is -3.29. The SMILES string of the molecule is O=c1cc([C]23[CH]4[CH]5[CH]6[CH]2[Fe]56432789[CH]3[CH]2[CH]7[CH]8[CH]39)oc2c1ccc1ccccc12. The van der Waals surface area contributed by atoms with Crippen molar-refractivity contribution >= 4 is 21.7 Å². The van der Waals surface area contributed by atoms with Crippen molar-refractivity contribution in [3.63, 3.8) is 0 Å². The Morgan fingerprint density at radius 1 is 0.808 bits per heavy atom. The molecular weight excluding hydrogens is 364 g/mol. The van der Waals surface area contributed by atoms with Crippen LogP contribution in [0.1, 0.15) is 5.76 Å². The number of hydrogen-bond donors (Lipinski definition) is 0. The van der Waals surface area contributed by atoms with Gasteiger partial charge >= 0.3 is 139 Å².